The van der Waals surface area contributed by atoms with Crippen LogP contribution in [-0.2, 0) is 0 Å². The first-order valence-electron chi connectivity index (χ1n) is 5.74. The molecule has 1 aromatic heterocycles. The minimum Gasteiger partial charge on any atom is -0.396 e. The highest BCUT2D eigenvalue weighted by molar-refractivity contribution is 5.93. The monoisotopic (exact) mass is 250 g/mol. The van der Waals surface area contributed by atoms with Gasteiger partial charge in [-0.2, -0.15) is 0 Å². The maximum atomic E-state index is 13.5. The molecule has 5 heteroatoms. The van der Waals surface area contributed by atoms with Crippen molar-refractivity contribution in [2.24, 2.45) is 0 Å². The first-order chi connectivity index (χ1) is 8.50. The first kappa shape index (κ1) is 11.2. The van der Waals surface area contributed by atoms with E-state index in [4.69, 9.17) is 5.73 Å². The van der Waals surface area contributed by atoms with Crippen molar-refractivity contribution in [1.82, 2.24) is 4.57 Å². The van der Waals surface area contributed by atoms with Crippen LogP contribution in [0.2, 0.25) is 0 Å². The Hall–Kier alpha value is -1.91. The molecule has 0 amide bonds. The number of halogens is 2. The fourth-order valence-corrected chi connectivity index (χ4v) is 2.39. The van der Waals surface area contributed by atoms with Crippen molar-refractivity contribution < 1.29 is 8.78 Å². The Bertz CT molecular complexity index is 708. The number of benzene rings is 1. The molecule has 0 radical (unpaired) electrons. The van der Waals surface area contributed by atoms with E-state index in [9.17, 15) is 13.6 Å². The Morgan fingerprint density at radius 2 is 2.11 bits per heavy atom. The van der Waals surface area contributed by atoms with Gasteiger partial charge in [0.2, 0.25) is 0 Å². The third kappa shape index (κ3) is 1.43. The summed E-state index contributed by atoms with van der Waals surface area (Å²) in [6, 6.07) is 3.64. The number of fused-ring (bicyclic) bond motifs is 1. The zero-order valence-electron chi connectivity index (χ0n) is 9.78. The van der Waals surface area contributed by atoms with E-state index in [1.807, 2.05) is 0 Å². The highest BCUT2D eigenvalue weighted by Gasteiger charge is 2.40. The van der Waals surface area contributed by atoms with Gasteiger partial charge in [-0.3, -0.25) is 4.79 Å². The maximum absolute atomic E-state index is 13.5. The van der Waals surface area contributed by atoms with E-state index in [1.165, 1.54) is 22.8 Å². The Labute approximate surface area is 102 Å². The molecule has 94 valence electrons. The average molecular weight is 250 g/mol. The smallest absolute Gasteiger partial charge is 0.251 e. The maximum Gasteiger partial charge on any atom is 0.251 e. The van der Waals surface area contributed by atoms with E-state index >= 15 is 0 Å². The summed E-state index contributed by atoms with van der Waals surface area (Å²) in [6.07, 6.45) is -0.672. The molecular formula is C13H12F2N2O. The number of rotatable bonds is 1. The van der Waals surface area contributed by atoms with Crippen LogP contribution in [0, 0.1) is 12.7 Å². The number of nitrogen functional groups attached to an aromatic ring is 1. The Morgan fingerprint density at radius 1 is 1.44 bits per heavy atom. The van der Waals surface area contributed by atoms with Gasteiger partial charge in [-0.05, 0) is 24.6 Å². The summed E-state index contributed by atoms with van der Waals surface area (Å²) in [5.74, 6) is -0.516. The second-order valence-corrected chi connectivity index (χ2v) is 4.71. The topological polar surface area (TPSA) is 48.0 Å². The van der Waals surface area contributed by atoms with Crippen molar-refractivity contribution in [2.75, 3.05) is 5.73 Å². The van der Waals surface area contributed by atoms with Crippen LogP contribution in [0.3, 0.4) is 0 Å². The molecule has 1 aliphatic carbocycles. The first-order valence-corrected chi connectivity index (χ1v) is 5.74. The van der Waals surface area contributed by atoms with Gasteiger partial charge in [-0.1, -0.05) is 0 Å². The zero-order valence-corrected chi connectivity index (χ0v) is 9.78. The summed E-state index contributed by atoms with van der Waals surface area (Å²) in [4.78, 5) is 11.9. The number of nitrogens with two attached hydrogens (primary N) is 1. The molecule has 0 spiro atoms. The summed E-state index contributed by atoms with van der Waals surface area (Å²) in [5, 5.41) is 0.464. The number of aryl methyl sites for hydroxylation is 1. The highest BCUT2D eigenvalue weighted by atomic mass is 19.1. The van der Waals surface area contributed by atoms with Crippen molar-refractivity contribution in [3.05, 3.63) is 39.9 Å². The molecule has 2 atom stereocenters. The van der Waals surface area contributed by atoms with Crippen LogP contribution in [0.15, 0.2) is 23.0 Å². The zero-order chi connectivity index (χ0) is 13.0. The minimum absolute atomic E-state index is 0.000378. The molecule has 18 heavy (non-hydrogen) atoms. The van der Waals surface area contributed by atoms with Crippen LogP contribution < -0.4 is 11.3 Å². The summed E-state index contributed by atoms with van der Waals surface area (Å²) in [5.41, 5.74) is 6.53. The van der Waals surface area contributed by atoms with Gasteiger partial charge in [0.1, 0.15) is 12.0 Å². The largest absolute Gasteiger partial charge is 0.396 e. The predicted molar refractivity (Wildman–Crippen MR) is 65.9 cm³/mol. The van der Waals surface area contributed by atoms with Crippen molar-refractivity contribution in [1.29, 1.82) is 0 Å². The van der Waals surface area contributed by atoms with Gasteiger partial charge >= 0.3 is 0 Å². The van der Waals surface area contributed by atoms with Crippen LogP contribution in [0.5, 0.6) is 0 Å². The molecule has 1 aliphatic rings. The molecule has 1 heterocycles. The molecule has 1 aromatic carbocycles. The van der Waals surface area contributed by atoms with Gasteiger partial charge in [0.05, 0.1) is 17.2 Å². The Morgan fingerprint density at radius 3 is 2.72 bits per heavy atom. The Balaban J connectivity index is 2.44. The number of pyridine rings is 1. The van der Waals surface area contributed by atoms with Crippen molar-refractivity contribution in [3.8, 4) is 0 Å². The number of hydrogen-bond donors (Lipinski definition) is 1. The molecule has 0 unspecified atom stereocenters. The van der Waals surface area contributed by atoms with E-state index in [0.29, 0.717) is 22.9 Å². The summed E-state index contributed by atoms with van der Waals surface area (Å²) >= 11 is 0. The third-order valence-corrected chi connectivity index (χ3v) is 3.40. The number of aromatic nitrogens is 1. The van der Waals surface area contributed by atoms with Gasteiger partial charge in [0, 0.05) is 17.9 Å². The number of anilines is 1. The van der Waals surface area contributed by atoms with Crippen molar-refractivity contribution >= 4 is 16.6 Å². The summed E-state index contributed by atoms with van der Waals surface area (Å²) in [7, 11) is 0. The van der Waals surface area contributed by atoms with Crippen molar-refractivity contribution in [2.45, 2.75) is 25.6 Å². The molecule has 1 saturated carbocycles. The van der Waals surface area contributed by atoms with E-state index in [-0.39, 0.29) is 11.2 Å². The molecule has 3 nitrogen and oxygen atoms in total. The van der Waals surface area contributed by atoms with E-state index < -0.39 is 18.0 Å². The van der Waals surface area contributed by atoms with Gasteiger partial charge < -0.3 is 10.3 Å². The molecule has 0 aliphatic heterocycles. The third-order valence-electron chi connectivity index (χ3n) is 3.40. The highest BCUT2D eigenvalue weighted by Crippen LogP contribution is 2.40. The summed E-state index contributed by atoms with van der Waals surface area (Å²) < 4.78 is 28.2. The summed E-state index contributed by atoms with van der Waals surface area (Å²) in [6.45, 7) is 1.69. The van der Waals surface area contributed by atoms with Crippen LogP contribution >= 0.6 is 0 Å². The molecule has 2 N–H and O–H groups in total. The molecule has 0 bridgehead atoms. The SMILES string of the molecule is Cc1cc(F)c(N)c2ccc(=O)n([C@@H]3C[C@@H]3F)c12. The van der Waals surface area contributed by atoms with Crippen LogP contribution in [-0.4, -0.2) is 10.7 Å². The minimum atomic E-state index is -1.00. The molecule has 0 saturated heterocycles. The lowest BCUT2D eigenvalue weighted by atomic mass is 10.1. The molecule has 2 aromatic rings. The lowest BCUT2D eigenvalue weighted by Gasteiger charge is -2.13. The standard InChI is InChI=1S/C13H12F2N2O/c1-6-4-9(15)12(16)7-2-3-11(18)17(13(6)7)10-5-8(10)14/h2-4,8,10H,5,16H2,1H3/t8-,10+/m0/s1. The predicted octanol–water partition coefficient (Wildman–Crippen LogP) is 2.31. The lowest BCUT2D eigenvalue weighted by Crippen LogP contribution is -2.20. The van der Waals surface area contributed by atoms with Gasteiger partial charge in [0.25, 0.3) is 5.56 Å². The number of hydrogen-bond acceptors (Lipinski definition) is 2. The fourth-order valence-electron chi connectivity index (χ4n) is 2.39. The van der Waals surface area contributed by atoms with Gasteiger partial charge in [-0.25, -0.2) is 8.78 Å². The van der Waals surface area contributed by atoms with Crippen LogP contribution in [0.1, 0.15) is 18.0 Å². The van der Waals surface area contributed by atoms with Crippen LogP contribution in [0.4, 0.5) is 14.5 Å². The molecular weight excluding hydrogens is 238 g/mol. The molecule has 3 rings (SSSR count). The Kier molecular flexibility index (Phi) is 2.20. The quantitative estimate of drug-likeness (QED) is 0.789. The number of alkyl halides is 1. The number of nitrogens with zero attached hydrogens (tertiary/aromatic N) is 1. The van der Waals surface area contributed by atoms with Crippen LogP contribution in [0.25, 0.3) is 10.9 Å². The second kappa shape index (κ2) is 3.54. The van der Waals surface area contributed by atoms with E-state index in [0.717, 1.165) is 0 Å². The average Bonchev–Trinajstić information content (AvgIpc) is 3.02. The normalized spacial score (nSPS) is 22.4. The lowest BCUT2D eigenvalue weighted by molar-refractivity contribution is 0.442. The fraction of sp³-hybridized carbons (Fsp3) is 0.308. The van der Waals surface area contributed by atoms with Gasteiger partial charge in [0.15, 0.2) is 0 Å². The van der Waals surface area contributed by atoms with Gasteiger partial charge in [-0.15, -0.1) is 0 Å². The van der Waals surface area contributed by atoms with E-state index in [1.54, 1.807) is 6.92 Å². The second-order valence-electron chi connectivity index (χ2n) is 4.71. The van der Waals surface area contributed by atoms with Crippen molar-refractivity contribution in [3.63, 3.8) is 0 Å². The van der Waals surface area contributed by atoms with E-state index in [2.05, 4.69) is 0 Å². The molecule has 1 fully saturated rings.